The molecule has 0 bridgehead atoms. The summed E-state index contributed by atoms with van der Waals surface area (Å²) in [5.41, 5.74) is 0.724. The van der Waals surface area contributed by atoms with Gasteiger partial charge in [0.1, 0.15) is 17.3 Å². The van der Waals surface area contributed by atoms with Gasteiger partial charge < -0.3 is 9.73 Å². The first kappa shape index (κ1) is 13.7. The summed E-state index contributed by atoms with van der Waals surface area (Å²) in [7, 11) is 0. The minimum absolute atomic E-state index is 0.0858. The molecule has 0 saturated heterocycles. The van der Waals surface area contributed by atoms with Crippen LogP contribution in [0.2, 0.25) is 0 Å². The van der Waals surface area contributed by atoms with Crippen LogP contribution >= 0.6 is 0 Å². The molecule has 5 heteroatoms. The van der Waals surface area contributed by atoms with Crippen LogP contribution in [0.3, 0.4) is 0 Å². The number of aromatic nitrogens is 1. The van der Waals surface area contributed by atoms with Crippen molar-refractivity contribution in [3.63, 3.8) is 0 Å². The lowest BCUT2D eigenvalue weighted by atomic mass is 10.1. The lowest BCUT2D eigenvalue weighted by molar-refractivity contribution is 0.421. The Bertz CT molecular complexity index is 573. The number of oxazole rings is 1. The molecule has 0 atom stereocenters. The van der Waals surface area contributed by atoms with Crippen molar-refractivity contribution in [1.82, 2.24) is 10.3 Å². The van der Waals surface area contributed by atoms with Crippen molar-refractivity contribution in [2.75, 3.05) is 0 Å². The molecule has 19 heavy (non-hydrogen) atoms. The third-order valence-corrected chi connectivity index (χ3v) is 2.60. The molecule has 3 nitrogen and oxygen atoms in total. The summed E-state index contributed by atoms with van der Waals surface area (Å²) in [6, 6.07) is 3.38. The molecule has 2 rings (SSSR count). The SMILES string of the molecule is CC(C)(C)NCc1ncoc1-c1ccc(F)cc1F. The molecule has 0 unspecified atom stereocenters. The Hall–Kier alpha value is -1.75. The van der Waals surface area contributed by atoms with E-state index in [4.69, 9.17) is 4.42 Å². The molecule has 2 aromatic rings. The second-order valence-corrected chi connectivity index (χ2v) is 5.36. The van der Waals surface area contributed by atoms with E-state index in [1.54, 1.807) is 0 Å². The highest BCUT2D eigenvalue weighted by atomic mass is 19.1. The van der Waals surface area contributed by atoms with Crippen molar-refractivity contribution in [3.8, 4) is 11.3 Å². The summed E-state index contributed by atoms with van der Waals surface area (Å²) < 4.78 is 31.8. The molecule has 1 heterocycles. The fraction of sp³-hybridized carbons (Fsp3) is 0.357. The van der Waals surface area contributed by atoms with Gasteiger partial charge in [-0.25, -0.2) is 13.8 Å². The van der Waals surface area contributed by atoms with Crippen LogP contribution in [0.25, 0.3) is 11.3 Å². The zero-order valence-corrected chi connectivity index (χ0v) is 11.1. The molecule has 1 aromatic carbocycles. The number of halogens is 2. The Balaban J connectivity index is 2.28. The van der Waals surface area contributed by atoms with Gasteiger partial charge in [-0.1, -0.05) is 0 Å². The van der Waals surface area contributed by atoms with Gasteiger partial charge in [0.15, 0.2) is 12.2 Å². The van der Waals surface area contributed by atoms with Crippen molar-refractivity contribution < 1.29 is 13.2 Å². The maximum absolute atomic E-state index is 13.7. The molecule has 102 valence electrons. The van der Waals surface area contributed by atoms with E-state index in [2.05, 4.69) is 10.3 Å². The van der Waals surface area contributed by atoms with Crippen LogP contribution in [0, 0.1) is 11.6 Å². The minimum Gasteiger partial charge on any atom is -0.443 e. The Morgan fingerprint density at radius 3 is 2.63 bits per heavy atom. The molecule has 0 radical (unpaired) electrons. The van der Waals surface area contributed by atoms with E-state index in [9.17, 15) is 8.78 Å². The summed E-state index contributed by atoms with van der Waals surface area (Å²) in [6.45, 7) is 6.51. The van der Waals surface area contributed by atoms with Crippen molar-refractivity contribution in [2.45, 2.75) is 32.9 Å². The number of nitrogens with one attached hydrogen (secondary N) is 1. The second-order valence-electron chi connectivity index (χ2n) is 5.36. The Morgan fingerprint density at radius 2 is 2.00 bits per heavy atom. The first-order chi connectivity index (χ1) is 8.87. The quantitative estimate of drug-likeness (QED) is 0.923. The normalized spacial score (nSPS) is 11.8. The van der Waals surface area contributed by atoms with Gasteiger partial charge in [-0.15, -0.1) is 0 Å². The molecular formula is C14H16F2N2O. The highest BCUT2D eigenvalue weighted by Gasteiger charge is 2.17. The highest BCUT2D eigenvalue weighted by Crippen LogP contribution is 2.26. The summed E-state index contributed by atoms with van der Waals surface area (Å²) in [4.78, 5) is 4.07. The number of benzene rings is 1. The Labute approximate surface area is 110 Å². The van der Waals surface area contributed by atoms with E-state index >= 15 is 0 Å². The fourth-order valence-electron chi connectivity index (χ4n) is 1.64. The number of hydrogen-bond acceptors (Lipinski definition) is 3. The van der Waals surface area contributed by atoms with E-state index in [1.807, 2.05) is 20.8 Å². The average molecular weight is 266 g/mol. The molecule has 0 aliphatic carbocycles. The van der Waals surface area contributed by atoms with Gasteiger partial charge in [-0.05, 0) is 32.9 Å². The maximum Gasteiger partial charge on any atom is 0.181 e. The molecule has 0 aliphatic heterocycles. The number of nitrogens with zero attached hydrogens (tertiary/aromatic N) is 1. The van der Waals surface area contributed by atoms with E-state index in [0.717, 1.165) is 6.07 Å². The van der Waals surface area contributed by atoms with Crippen LogP contribution in [0.4, 0.5) is 8.78 Å². The van der Waals surface area contributed by atoms with Gasteiger partial charge in [0, 0.05) is 18.2 Å². The van der Waals surface area contributed by atoms with E-state index in [-0.39, 0.29) is 11.1 Å². The molecule has 0 spiro atoms. The zero-order valence-electron chi connectivity index (χ0n) is 11.1. The zero-order chi connectivity index (χ0) is 14.0. The Morgan fingerprint density at radius 1 is 1.26 bits per heavy atom. The predicted molar refractivity (Wildman–Crippen MR) is 68.4 cm³/mol. The molecule has 0 saturated carbocycles. The number of hydrogen-bond donors (Lipinski definition) is 1. The third kappa shape index (κ3) is 3.38. The lowest BCUT2D eigenvalue weighted by Gasteiger charge is -2.19. The van der Waals surface area contributed by atoms with Gasteiger partial charge >= 0.3 is 0 Å². The smallest absolute Gasteiger partial charge is 0.181 e. The standard InChI is InChI=1S/C14H16F2N2O/c1-14(2,3)18-7-12-13(19-8-17-12)10-5-4-9(15)6-11(10)16/h4-6,8,18H,7H2,1-3H3. The molecule has 0 aliphatic rings. The lowest BCUT2D eigenvalue weighted by Crippen LogP contribution is -2.35. The monoisotopic (exact) mass is 266 g/mol. The highest BCUT2D eigenvalue weighted by molar-refractivity contribution is 5.60. The van der Waals surface area contributed by atoms with Gasteiger partial charge in [-0.2, -0.15) is 0 Å². The van der Waals surface area contributed by atoms with E-state index < -0.39 is 11.6 Å². The van der Waals surface area contributed by atoms with E-state index in [0.29, 0.717) is 18.0 Å². The molecular weight excluding hydrogens is 250 g/mol. The average Bonchev–Trinajstić information content (AvgIpc) is 2.73. The van der Waals surface area contributed by atoms with Crippen LogP contribution in [-0.2, 0) is 6.54 Å². The second kappa shape index (κ2) is 5.09. The van der Waals surface area contributed by atoms with Crippen molar-refractivity contribution in [1.29, 1.82) is 0 Å². The van der Waals surface area contributed by atoms with E-state index in [1.165, 1.54) is 18.5 Å². The van der Waals surface area contributed by atoms with Crippen molar-refractivity contribution in [3.05, 3.63) is 41.9 Å². The van der Waals surface area contributed by atoms with Crippen LogP contribution in [-0.4, -0.2) is 10.5 Å². The first-order valence-electron chi connectivity index (χ1n) is 5.99. The minimum atomic E-state index is -0.659. The number of rotatable bonds is 3. The summed E-state index contributed by atoms with van der Waals surface area (Å²) in [5.74, 6) is -0.946. The van der Waals surface area contributed by atoms with Crippen LogP contribution < -0.4 is 5.32 Å². The molecule has 1 N–H and O–H groups in total. The first-order valence-corrected chi connectivity index (χ1v) is 5.99. The van der Waals surface area contributed by atoms with Gasteiger partial charge in [0.2, 0.25) is 0 Å². The topological polar surface area (TPSA) is 38.1 Å². The van der Waals surface area contributed by atoms with Gasteiger partial charge in [0.25, 0.3) is 0 Å². The fourth-order valence-corrected chi connectivity index (χ4v) is 1.64. The van der Waals surface area contributed by atoms with Gasteiger partial charge in [-0.3, -0.25) is 0 Å². The van der Waals surface area contributed by atoms with Crippen LogP contribution in [0.15, 0.2) is 29.0 Å². The predicted octanol–water partition coefficient (Wildman–Crippen LogP) is 3.51. The third-order valence-electron chi connectivity index (χ3n) is 2.60. The van der Waals surface area contributed by atoms with Gasteiger partial charge in [0.05, 0.1) is 5.56 Å². The van der Waals surface area contributed by atoms with Crippen LogP contribution in [0.5, 0.6) is 0 Å². The maximum atomic E-state index is 13.7. The molecule has 0 amide bonds. The van der Waals surface area contributed by atoms with Crippen LogP contribution in [0.1, 0.15) is 26.5 Å². The molecule has 1 aromatic heterocycles. The summed E-state index contributed by atoms with van der Waals surface area (Å²) in [5, 5.41) is 3.25. The largest absolute Gasteiger partial charge is 0.443 e. The summed E-state index contributed by atoms with van der Waals surface area (Å²) >= 11 is 0. The van der Waals surface area contributed by atoms with Crippen molar-refractivity contribution >= 4 is 0 Å². The summed E-state index contributed by atoms with van der Waals surface area (Å²) in [6.07, 6.45) is 1.26. The van der Waals surface area contributed by atoms with Crippen molar-refractivity contribution in [2.24, 2.45) is 0 Å². The molecule has 0 fully saturated rings. The Kier molecular flexibility index (Phi) is 3.66.